The molecule has 2 heterocycles. The van der Waals surface area contributed by atoms with Gasteiger partial charge >= 0.3 is 0 Å². The molecule has 1 aliphatic heterocycles. The standard InChI is InChI=1S/C15H15ClN2O3S/c1-21-10-2-3-12-11(8-10)13(16)14(22-12)15(20)18-6-4-17(9-19)5-7-18/h2-3,8-9H,4-7H2,1H3. The summed E-state index contributed by atoms with van der Waals surface area (Å²) in [5.74, 6) is 0.640. The van der Waals surface area contributed by atoms with Crippen LogP contribution in [0, 0.1) is 0 Å². The quantitative estimate of drug-likeness (QED) is 0.808. The van der Waals surface area contributed by atoms with E-state index in [-0.39, 0.29) is 5.91 Å². The zero-order chi connectivity index (χ0) is 15.7. The fraction of sp³-hybridized carbons (Fsp3) is 0.333. The third kappa shape index (κ3) is 2.64. The normalized spacial score (nSPS) is 15.2. The molecule has 0 aliphatic carbocycles. The van der Waals surface area contributed by atoms with E-state index in [1.165, 1.54) is 11.3 Å². The van der Waals surface area contributed by atoms with Crippen molar-refractivity contribution < 1.29 is 14.3 Å². The fourth-order valence-electron chi connectivity index (χ4n) is 2.49. The van der Waals surface area contributed by atoms with Crippen LogP contribution in [0.4, 0.5) is 0 Å². The molecule has 3 rings (SSSR count). The van der Waals surface area contributed by atoms with Crippen LogP contribution in [0.1, 0.15) is 9.67 Å². The van der Waals surface area contributed by atoms with Crippen LogP contribution in [-0.2, 0) is 4.79 Å². The van der Waals surface area contributed by atoms with E-state index in [0.29, 0.717) is 41.8 Å². The van der Waals surface area contributed by atoms with Gasteiger partial charge in [-0.25, -0.2) is 0 Å². The van der Waals surface area contributed by atoms with Crippen LogP contribution in [0.2, 0.25) is 5.02 Å². The lowest BCUT2D eigenvalue weighted by Crippen LogP contribution is -2.48. The fourth-order valence-corrected chi connectivity index (χ4v) is 3.94. The second kappa shape index (κ2) is 6.14. The molecule has 0 atom stereocenters. The van der Waals surface area contributed by atoms with Gasteiger partial charge in [-0.05, 0) is 18.2 Å². The number of benzene rings is 1. The Kier molecular flexibility index (Phi) is 4.22. The molecule has 1 aromatic heterocycles. The summed E-state index contributed by atoms with van der Waals surface area (Å²) in [4.78, 5) is 27.3. The van der Waals surface area contributed by atoms with Crippen molar-refractivity contribution in [1.82, 2.24) is 9.80 Å². The summed E-state index contributed by atoms with van der Waals surface area (Å²) in [6.45, 7) is 2.19. The predicted molar refractivity (Wildman–Crippen MR) is 86.9 cm³/mol. The number of amides is 2. The first-order chi connectivity index (χ1) is 10.6. The second-order valence-corrected chi connectivity index (χ2v) is 6.47. The molecular weight excluding hydrogens is 324 g/mol. The minimum atomic E-state index is -0.0734. The number of carbonyl (C=O) groups excluding carboxylic acids is 2. The van der Waals surface area contributed by atoms with E-state index in [4.69, 9.17) is 16.3 Å². The molecule has 116 valence electrons. The van der Waals surface area contributed by atoms with Gasteiger partial charge in [-0.3, -0.25) is 9.59 Å². The highest BCUT2D eigenvalue weighted by Gasteiger charge is 2.25. The van der Waals surface area contributed by atoms with Crippen molar-refractivity contribution in [2.24, 2.45) is 0 Å². The largest absolute Gasteiger partial charge is 0.497 e. The van der Waals surface area contributed by atoms with Crippen LogP contribution in [-0.4, -0.2) is 55.4 Å². The SMILES string of the molecule is COc1ccc2sc(C(=O)N3CCN(C=O)CC3)c(Cl)c2c1. The number of rotatable bonds is 3. The minimum absolute atomic E-state index is 0.0734. The van der Waals surface area contributed by atoms with Crippen molar-refractivity contribution in [3.05, 3.63) is 28.1 Å². The van der Waals surface area contributed by atoms with Gasteiger partial charge in [0, 0.05) is 36.3 Å². The van der Waals surface area contributed by atoms with E-state index >= 15 is 0 Å². The van der Waals surface area contributed by atoms with Gasteiger partial charge in [0.25, 0.3) is 5.91 Å². The summed E-state index contributed by atoms with van der Waals surface area (Å²) < 4.78 is 6.16. The molecule has 0 spiro atoms. The van der Waals surface area contributed by atoms with Crippen molar-refractivity contribution in [2.45, 2.75) is 0 Å². The van der Waals surface area contributed by atoms with Gasteiger partial charge in [0.2, 0.25) is 6.41 Å². The molecule has 2 aromatic rings. The highest BCUT2D eigenvalue weighted by atomic mass is 35.5. The third-order valence-electron chi connectivity index (χ3n) is 3.78. The Labute approximate surface area is 137 Å². The number of thiophene rings is 1. The maximum absolute atomic E-state index is 12.7. The molecule has 1 aliphatic rings. The number of carbonyl (C=O) groups is 2. The number of ether oxygens (including phenoxy) is 1. The molecule has 1 saturated heterocycles. The molecule has 7 heteroatoms. The first kappa shape index (κ1) is 15.1. The maximum atomic E-state index is 12.7. The summed E-state index contributed by atoms with van der Waals surface area (Å²) in [7, 11) is 1.60. The number of halogens is 1. The van der Waals surface area contributed by atoms with Gasteiger partial charge in [-0.1, -0.05) is 11.6 Å². The highest BCUT2D eigenvalue weighted by molar-refractivity contribution is 7.21. The van der Waals surface area contributed by atoms with Gasteiger partial charge in [0.1, 0.15) is 10.6 Å². The van der Waals surface area contributed by atoms with Crippen molar-refractivity contribution in [3.8, 4) is 5.75 Å². The molecule has 1 aromatic carbocycles. The summed E-state index contributed by atoms with van der Waals surface area (Å²) in [6.07, 6.45) is 0.820. The number of piperazine rings is 1. The second-order valence-electron chi connectivity index (χ2n) is 5.04. The number of hydrogen-bond donors (Lipinski definition) is 0. The number of nitrogens with zero attached hydrogens (tertiary/aromatic N) is 2. The van der Waals surface area contributed by atoms with Gasteiger partial charge < -0.3 is 14.5 Å². The first-order valence-corrected chi connectivity index (χ1v) is 8.08. The van der Waals surface area contributed by atoms with E-state index in [2.05, 4.69) is 0 Å². The topological polar surface area (TPSA) is 49.9 Å². The summed E-state index contributed by atoms with van der Waals surface area (Å²) in [6, 6.07) is 5.60. The third-order valence-corrected chi connectivity index (χ3v) is 5.44. The maximum Gasteiger partial charge on any atom is 0.265 e. The van der Waals surface area contributed by atoms with E-state index < -0.39 is 0 Å². The van der Waals surface area contributed by atoms with Crippen molar-refractivity contribution in [2.75, 3.05) is 33.3 Å². The molecular formula is C15H15ClN2O3S. The molecule has 0 saturated carbocycles. The Morgan fingerprint density at radius 3 is 2.68 bits per heavy atom. The average Bonchev–Trinajstić information content (AvgIpc) is 2.90. The van der Waals surface area contributed by atoms with Crippen molar-refractivity contribution in [1.29, 1.82) is 0 Å². The van der Waals surface area contributed by atoms with Crippen LogP contribution < -0.4 is 4.74 Å². The Bertz CT molecular complexity index is 723. The highest BCUT2D eigenvalue weighted by Crippen LogP contribution is 2.38. The molecule has 1 fully saturated rings. The van der Waals surface area contributed by atoms with E-state index in [9.17, 15) is 9.59 Å². The number of hydrogen-bond acceptors (Lipinski definition) is 4. The predicted octanol–water partition coefficient (Wildman–Crippen LogP) is 2.48. The van der Waals surface area contributed by atoms with Crippen LogP contribution in [0.25, 0.3) is 10.1 Å². The molecule has 0 N–H and O–H groups in total. The van der Waals surface area contributed by atoms with Gasteiger partial charge in [-0.2, -0.15) is 0 Å². The lowest BCUT2D eigenvalue weighted by Gasteiger charge is -2.32. The molecule has 22 heavy (non-hydrogen) atoms. The minimum Gasteiger partial charge on any atom is -0.497 e. The van der Waals surface area contributed by atoms with E-state index in [1.807, 2.05) is 18.2 Å². The van der Waals surface area contributed by atoms with Crippen LogP contribution >= 0.6 is 22.9 Å². The molecule has 5 nitrogen and oxygen atoms in total. The molecule has 0 unspecified atom stereocenters. The number of methoxy groups -OCH3 is 1. The monoisotopic (exact) mass is 338 g/mol. The van der Waals surface area contributed by atoms with E-state index in [1.54, 1.807) is 16.9 Å². The first-order valence-electron chi connectivity index (χ1n) is 6.88. The molecule has 0 radical (unpaired) electrons. The van der Waals surface area contributed by atoms with Gasteiger partial charge in [0.15, 0.2) is 0 Å². The van der Waals surface area contributed by atoms with Crippen molar-refractivity contribution in [3.63, 3.8) is 0 Å². The summed E-state index contributed by atoms with van der Waals surface area (Å²) >= 11 is 7.79. The Morgan fingerprint density at radius 2 is 2.05 bits per heavy atom. The zero-order valence-electron chi connectivity index (χ0n) is 12.0. The van der Waals surface area contributed by atoms with Crippen LogP contribution in [0.5, 0.6) is 5.75 Å². The Balaban J connectivity index is 1.88. The van der Waals surface area contributed by atoms with E-state index in [0.717, 1.165) is 16.5 Å². The summed E-state index contributed by atoms with van der Waals surface area (Å²) in [5, 5.41) is 1.31. The Morgan fingerprint density at radius 1 is 1.32 bits per heavy atom. The number of fused-ring (bicyclic) bond motifs is 1. The van der Waals surface area contributed by atoms with Crippen LogP contribution in [0.15, 0.2) is 18.2 Å². The molecule has 2 amide bonds. The van der Waals surface area contributed by atoms with Crippen molar-refractivity contribution >= 4 is 45.3 Å². The average molecular weight is 339 g/mol. The van der Waals surface area contributed by atoms with Gasteiger partial charge in [-0.15, -0.1) is 11.3 Å². The molecule has 0 bridgehead atoms. The Hall–Kier alpha value is -1.79. The lowest BCUT2D eigenvalue weighted by molar-refractivity contribution is -0.119. The smallest absolute Gasteiger partial charge is 0.265 e. The van der Waals surface area contributed by atoms with Gasteiger partial charge in [0.05, 0.1) is 12.1 Å². The zero-order valence-corrected chi connectivity index (χ0v) is 13.6. The lowest BCUT2D eigenvalue weighted by atomic mass is 10.2. The van der Waals surface area contributed by atoms with Crippen LogP contribution in [0.3, 0.4) is 0 Å². The summed E-state index contributed by atoms with van der Waals surface area (Å²) in [5.41, 5.74) is 0.